The number of hydrogen-bond donors (Lipinski definition) is 0. The highest BCUT2D eigenvalue weighted by Crippen LogP contribution is 2.24. The lowest BCUT2D eigenvalue weighted by atomic mass is 10.1. The lowest BCUT2D eigenvalue weighted by Crippen LogP contribution is -2.34. The third-order valence-electron chi connectivity index (χ3n) is 4.51. The number of aromatic nitrogens is 2. The number of esters is 1. The van der Waals surface area contributed by atoms with Crippen LogP contribution >= 0.6 is 15.9 Å². The summed E-state index contributed by atoms with van der Waals surface area (Å²) in [6.07, 6.45) is 1.69. The van der Waals surface area contributed by atoms with Gasteiger partial charge >= 0.3 is 5.97 Å². The largest absolute Gasteiger partial charge is 0.465 e. The molecule has 7 heteroatoms. The predicted molar refractivity (Wildman–Crippen MR) is 111 cm³/mol. The topological polar surface area (TPSA) is 63.9 Å². The van der Waals surface area contributed by atoms with Crippen LogP contribution in [0, 0.1) is 0 Å². The van der Waals surface area contributed by atoms with Crippen molar-refractivity contribution < 1.29 is 9.53 Å². The molecule has 0 amide bonds. The molecule has 0 bridgehead atoms. The Morgan fingerprint density at radius 1 is 1.25 bits per heavy atom. The highest BCUT2D eigenvalue weighted by atomic mass is 79.9. The maximum absolute atomic E-state index is 12.4. The third-order valence-corrected chi connectivity index (χ3v) is 5.00. The second-order valence-corrected chi connectivity index (χ2v) is 7.37. The first-order chi connectivity index (χ1) is 13.5. The molecule has 1 aromatic carbocycles. The van der Waals surface area contributed by atoms with Crippen molar-refractivity contribution in [1.82, 2.24) is 14.3 Å². The summed E-state index contributed by atoms with van der Waals surface area (Å²) in [5.74, 6) is -0.304. The van der Waals surface area contributed by atoms with E-state index in [2.05, 4.69) is 20.9 Å². The summed E-state index contributed by atoms with van der Waals surface area (Å²) in [6.45, 7) is 4.60. The minimum atomic E-state index is -0.304. The molecule has 0 fully saturated rings. The van der Waals surface area contributed by atoms with Crippen LogP contribution in [0.4, 0.5) is 0 Å². The van der Waals surface area contributed by atoms with Gasteiger partial charge in [-0.3, -0.25) is 18.9 Å². The van der Waals surface area contributed by atoms with Crippen LogP contribution in [-0.4, -0.2) is 33.4 Å². The van der Waals surface area contributed by atoms with Gasteiger partial charge in [-0.05, 0) is 43.7 Å². The molecule has 0 radical (unpaired) electrons. The number of carbonyl (C=O) groups excluding carboxylic acids is 1. The Labute approximate surface area is 171 Å². The zero-order valence-electron chi connectivity index (χ0n) is 15.8. The molecule has 0 saturated heterocycles. The molecule has 1 atom stereocenters. The van der Waals surface area contributed by atoms with Gasteiger partial charge in [0.25, 0.3) is 5.56 Å². The van der Waals surface area contributed by atoms with Crippen LogP contribution in [-0.2, 0) is 16.1 Å². The van der Waals surface area contributed by atoms with Crippen LogP contribution in [0.5, 0.6) is 0 Å². The van der Waals surface area contributed by atoms with Crippen LogP contribution in [0.1, 0.15) is 31.1 Å². The number of carbonyl (C=O) groups is 1. The molecule has 0 spiro atoms. The van der Waals surface area contributed by atoms with Crippen molar-refractivity contribution in [2.45, 2.75) is 26.4 Å². The number of benzene rings is 1. The van der Waals surface area contributed by atoms with E-state index < -0.39 is 0 Å². The van der Waals surface area contributed by atoms with Gasteiger partial charge in [0.05, 0.1) is 18.8 Å². The Balaban J connectivity index is 1.92. The fourth-order valence-corrected chi connectivity index (χ4v) is 3.49. The van der Waals surface area contributed by atoms with E-state index in [-0.39, 0.29) is 24.1 Å². The first-order valence-corrected chi connectivity index (χ1v) is 9.89. The maximum Gasteiger partial charge on any atom is 0.320 e. The molecule has 146 valence electrons. The highest BCUT2D eigenvalue weighted by molar-refractivity contribution is 9.10. The van der Waals surface area contributed by atoms with E-state index in [1.165, 1.54) is 10.5 Å². The van der Waals surface area contributed by atoms with Crippen molar-refractivity contribution in [3.05, 3.63) is 80.8 Å². The lowest BCUT2D eigenvalue weighted by molar-refractivity contribution is -0.145. The van der Waals surface area contributed by atoms with E-state index >= 15 is 0 Å². The van der Waals surface area contributed by atoms with Gasteiger partial charge in [-0.25, -0.2) is 4.98 Å². The summed E-state index contributed by atoms with van der Waals surface area (Å²) in [4.78, 5) is 31.1. The second-order valence-electron chi connectivity index (χ2n) is 6.46. The Morgan fingerprint density at radius 2 is 2.07 bits per heavy atom. The average Bonchev–Trinajstić information content (AvgIpc) is 2.67. The summed E-state index contributed by atoms with van der Waals surface area (Å²) in [5.41, 5.74) is 2.10. The second kappa shape index (κ2) is 9.12. The molecule has 3 rings (SSSR count). The summed E-state index contributed by atoms with van der Waals surface area (Å²) in [7, 11) is 0. The first-order valence-electron chi connectivity index (χ1n) is 9.10. The Kier molecular flexibility index (Phi) is 6.59. The summed E-state index contributed by atoms with van der Waals surface area (Å²) in [6, 6.07) is 14.8. The molecule has 6 nitrogen and oxygen atoms in total. The molecule has 0 N–H and O–H groups in total. The van der Waals surface area contributed by atoms with Gasteiger partial charge in [0, 0.05) is 29.3 Å². The van der Waals surface area contributed by atoms with E-state index in [4.69, 9.17) is 4.74 Å². The smallest absolute Gasteiger partial charge is 0.320 e. The van der Waals surface area contributed by atoms with Crippen molar-refractivity contribution in [1.29, 1.82) is 0 Å². The molecule has 2 aromatic heterocycles. The number of hydrogen-bond acceptors (Lipinski definition) is 5. The van der Waals surface area contributed by atoms with E-state index in [9.17, 15) is 9.59 Å². The van der Waals surface area contributed by atoms with Crippen LogP contribution in [0.3, 0.4) is 0 Å². The maximum atomic E-state index is 12.4. The molecule has 3 aromatic rings. The highest BCUT2D eigenvalue weighted by Gasteiger charge is 2.21. The standard InChI is InChI=1S/C21H22BrN3O3/c1-3-28-21(27)14-24(15(2)16-7-6-8-17(22)11-16)13-18-12-20(26)25-10-5-4-9-19(25)23-18/h4-12,15H,3,13-14H2,1-2H3. The van der Waals surface area contributed by atoms with Crippen LogP contribution in [0.2, 0.25) is 0 Å². The van der Waals surface area contributed by atoms with Crippen LogP contribution < -0.4 is 5.56 Å². The Hall–Kier alpha value is -2.51. The number of ether oxygens (including phenoxy) is 1. The number of pyridine rings is 1. The van der Waals surface area contributed by atoms with Crippen molar-refractivity contribution >= 4 is 27.5 Å². The quantitative estimate of drug-likeness (QED) is 0.522. The number of nitrogens with zero attached hydrogens (tertiary/aromatic N) is 3. The zero-order chi connectivity index (χ0) is 20.1. The van der Waals surface area contributed by atoms with E-state index in [0.29, 0.717) is 24.5 Å². The molecule has 0 aliphatic carbocycles. The van der Waals surface area contributed by atoms with Crippen molar-refractivity contribution in [3.63, 3.8) is 0 Å². The predicted octanol–water partition coefficient (Wildman–Crippen LogP) is 3.58. The van der Waals surface area contributed by atoms with Gasteiger partial charge in [-0.1, -0.05) is 34.1 Å². The SMILES string of the molecule is CCOC(=O)CN(Cc1cc(=O)n2ccccc2n1)C(C)c1cccc(Br)c1. The number of halogens is 1. The molecule has 2 heterocycles. The van der Waals surface area contributed by atoms with E-state index in [0.717, 1.165) is 10.0 Å². The molecule has 28 heavy (non-hydrogen) atoms. The van der Waals surface area contributed by atoms with Gasteiger partial charge in [0.1, 0.15) is 5.65 Å². The zero-order valence-corrected chi connectivity index (χ0v) is 17.4. The molecular formula is C21H22BrN3O3. The number of rotatable bonds is 7. The van der Waals surface area contributed by atoms with Crippen molar-refractivity contribution in [2.24, 2.45) is 0 Å². The van der Waals surface area contributed by atoms with Gasteiger partial charge < -0.3 is 4.74 Å². The fourth-order valence-electron chi connectivity index (χ4n) is 3.07. The van der Waals surface area contributed by atoms with E-state index in [1.54, 1.807) is 25.3 Å². The normalized spacial score (nSPS) is 12.3. The average molecular weight is 444 g/mol. The lowest BCUT2D eigenvalue weighted by Gasteiger charge is -2.28. The summed E-state index contributed by atoms with van der Waals surface area (Å²) < 4.78 is 7.60. The van der Waals surface area contributed by atoms with Gasteiger partial charge in [0.2, 0.25) is 0 Å². The van der Waals surface area contributed by atoms with Crippen LogP contribution in [0.15, 0.2) is 64.0 Å². The molecule has 0 saturated carbocycles. The van der Waals surface area contributed by atoms with E-state index in [1.807, 2.05) is 42.2 Å². The Bertz CT molecular complexity index is 1030. The molecular weight excluding hydrogens is 422 g/mol. The minimum absolute atomic E-state index is 0.0714. The number of fused-ring (bicyclic) bond motifs is 1. The van der Waals surface area contributed by atoms with Crippen molar-refractivity contribution in [2.75, 3.05) is 13.2 Å². The van der Waals surface area contributed by atoms with Crippen molar-refractivity contribution in [3.8, 4) is 0 Å². The summed E-state index contributed by atoms with van der Waals surface area (Å²) >= 11 is 3.49. The molecule has 0 aliphatic rings. The molecule has 0 aliphatic heterocycles. The minimum Gasteiger partial charge on any atom is -0.465 e. The Morgan fingerprint density at radius 3 is 2.82 bits per heavy atom. The van der Waals surface area contributed by atoms with Gasteiger partial charge in [0.15, 0.2) is 0 Å². The third kappa shape index (κ3) is 4.85. The first kappa shape index (κ1) is 20.2. The van der Waals surface area contributed by atoms with Crippen LogP contribution in [0.25, 0.3) is 5.65 Å². The van der Waals surface area contributed by atoms with Gasteiger partial charge in [-0.15, -0.1) is 0 Å². The molecule has 1 unspecified atom stereocenters. The fraction of sp³-hybridized carbons (Fsp3) is 0.286. The monoisotopic (exact) mass is 443 g/mol. The van der Waals surface area contributed by atoms with Gasteiger partial charge in [-0.2, -0.15) is 0 Å². The summed E-state index contributed by atoms with van der Waals surface area (Å²) in [5, 5.41) is 0.